The molecule has 0 fully saturated rings. The third kappa shape index (κ3) is 2.29. The number of thiophene rings is 1. The van der Waals surface area contributed by atoms with Crippen LogP contribution in [-0.2, 0) is 19.3 Å². The van der Waals surface area contributed by atoms with Crippen LogP contribution >= 0.6 is 11.3 Å². The molecule has 0 saturated heterocycles. The lowest BCUT2D eigenvalue weighted by atomic mass is 9.88. The fourth-order valence-electron chi connectivity index (χ4n) is 3.97. The Balaban J connectivity index is 2.07. The molecule has 3 heterocycles. The lowest BCUT2D eigenvalue weighted by molar-refractivity contribution is 0.679. The first kappa shape index (κ1) is 15.8. The zero-order chi connectivity index (χ0) is 16.7. The molecule has 0 saturated carbocycles. The number of aryl methyl sites for hydroxylation is 2. The van der Waals surface area contributed by atoms with Gasteiger partial charge in [-0.1, -0.05) is 6.92 Å². The van der Waals surface area contributed by atoms with Crippen molar-refractivity contribution < 1.29 is 0 Å². The molecular weight excluding hydrogens is 316 g/mol. The van der Waals surface area contributed by atoms with Crippen molar-refractivity contribution in [2.45, 2.75) is 52.9 Å². The Labute approximate surface area is 146 Å². The molecule has 126 valence electrons. The van der Waals surface area contributed by atoms with Gasteiger partial charge in [-0.05, 0) is 57.1 Å². The lowest BCUT2D eigenvalue weighted by Crippen LogP contribution is -2.23. The van der Waals surface area contributed by atoms with Gasteiger partial charge in [0.15, 0.2) is 0 Å². The summed E-state index contributed by atoms with van der Waals surface area (Å²) in [5.41, 5.74) is 5.42. The van der Waals surface area contributed by atoms with E-state index in [9.17, 15) is 0 Å². The Morgan fingerprint density at radius 2 is 1.79 bits per heavy atom. The molecule has 4 rings (SSSR count). The molecule has 0 spiro atoms. The van der Waals surface area contributed by atoms with Gasteiger partial charge in [0.2, 0.25) is 0 Å². The summed E-state index contributed by atoms with van der Waals surface area (Å²) in [6.45, 7) is 8.50. The average Bonchev–Trinajstić information content (AvgIpc) is 3.01. The van der Waals surface area contributed by atoms with Gasteiger partial charge in [0.1, 0.15) is 17.0 Å². The highest BCUT2D eigenvalue weighted by molar-refractivity contribution is 7.26. The van der Waals surface area contributed by atoms with Crippen molar-refractivity contribution in [1.82, 2.24) is 15.0 Å². The van der Waals surface area contributed by atoms with Gasteiger partial charge in [-0.3, -0.25) is 0 Å². The summed E-state index contributed by atoms with van der Waals surface area (Å²) in [6.07, 6.45) is 7.65. The van der Waals surface area contributed by atoms with Crippen molar-refractivity contribution in [1.29, 1.82) is 0 Å². The number of fused-ring (bicyclic) bond motifs is 5. The van der Waals surface area contributed by atoms with Gasteiger partial charge in [-0.2, -0.15) is 0 Å². The monoisotopic (exact) mass is 340 g/mol. The van der Waals surface area contributed by atoms with E-state index >= 15 is 0 Å². The predicted molar refractivity (Wildman–Crippen MR) is 102 cm³/mol. The van der Waals surface area contributed by atoms with E-state index in [1.165, 1.54) is 46.2 Å². The molecule has 0 aromatic carbocycles. The highest BCUT2D eigenvalue weighted by Gasteiger charge is 2.23. The van der Waals surface area contributed by atoms with Gasteiger partial charge in [0.05, 0.1) is 10.2 Å². The van der Waals surface area contributed by atoms with Crippen molar-refractivity contribution in [3.8, 4) is 0 Å². The maximum absolute atomic E-state index is 5.03. The normalized spacial score (nSPS) is 14.3. The topological polar surface area (TPSA) is 41.9 Å². The highest BCUT2D eigenvalue weighted by Crippen LogP contribution is 2.41. The predicted octanol–water partition coefficient (Wildman–Crippen LogP) is 4.53. The largest absolute Gasteiger partial charge is 0.356 e. The number of pyridine rings is 1. The van der Waals surface area contributed by atoms with Crippen LogP contribution in [0.1, 0.15) is 50.4 Å². The van der Waals surface area contributed by atoms with Crippen LogP contribution in [0.4, 0.5) is 5.82 Å². The summed E-state index contributed by atoms with van der Waals surface area (Å²) in [5, 5.41) is 1.30. The van der Waals surface area contributed by atoms with Gasteiger partial charge < -0.3 is 4.90 Å². The van der Waals surface area contributed by atoms with E-state index in [2.05, 4.69) is 35.6 Å². The lowest BCUT2D eigenvalue weighted by Gasteiger charge is -2.20. The van der Waals surface area contributed by atoms with E-state index in [4.69, 9.17) is 4.98 Å². The Kier molecular flexibility index (Phi) is 4.12. The number of anilines is 1. The van der Waals surface area contributed by atoms with Crippen LogP contribution in [-0.4, -0.2) is 28.0 Å². The molecule has 4 nitrogen and oxygen atoms in total. The van der Waals surface area contributed by atoms with Crippen LogP contribution in [0.2, 0.25) is 0 Å². The van der Waals surface area contributed by atoms with Crippen molar-refractivity contribution in [3.63, 3.8) is 0 Å². The quantitative estimate of drug-likeness (QED) is 0.700. The van der Waals surface area contributed by atoms with E-state index in [1.54, 1.807) is 17.7 Å². The highest BCUT2D eigenvalue weighted by atomic mass is 32.1. The Morgan fingerprint density at radius 1 is 1.04 bits per heavy atom. The van der Waals surface area contributed by atoms with Crippen molar-refractivity contribution in [2.24, 2.45) is 0 Å². The molecule has 0 N–H and O–H groups in total. The second kappa shape index (κ2) is 6.28. The molecule has 0 unspecified atom stereocenters. The fraction of sp³-hybridized carbons (Fsp3) is 0.526. The summed E-state index contributed by atoms with van der Waals surface area (Å²) >= 11 is 1.77. The standard InChI is InChI=1S/C19H24N4S/c1-4-14-12-9-7-8-10-13(12)15-16-17(24-19(15)22-14)18(21-11-20-16)23(5-2)6-3/h11H,4-10H2,1-3H3. The van der Waals surface area contributed by atoms with E-state index in [0.29, 0.717) is 0 Å². The molecule has 0 amide bonds. The smallest absolute Gasteiger partial charge is 0.150 e. The second-order valence-electron chi connectivity index (χ2n) is 6.41. The first-order chi connectivity index (χ1) is 11.8. The maximum atomic E-state index is 5.03. The molecule has 0 radical (unpaired) electrons. The second-order valence-corrected chi connectivity index (χ2v) is 7.40. The first-order valence-corrected chi connectivity index (χ1v) is 9.92. The maximum Gasteiger partial charge on any atom is 0.150 e. The molecule has 3 aromatic rings. The summed E-state index contributed by atoms with van der Waals surface area (Å²) in [7, 11) is 0. The van der Waals surface area contributed by atoms with Gasteiger partial charge in [0.25, 0.3) is 0 Å². The molecule has 24 heavy (non-hydrogen) atoms. The number of hydrogen-bond acceptors (Lipinski definition) is 5. The molecule has 0 aliphatic heterocycles. The van der Waals surface area contributed by atoms with Crippen LogP contribution < -0.4 is 4.90 Å². The van der Waals surface area contributed by atoms with E-state index in [-0.39, 0.29) is 0 Å². The number of aromatic nitrogens is 3. The van der Waals surface area contributed by atoms with Crippen LogP contribution in [0.15, 0.2) is 6.33 Å². The van der Waals surface area contributed by atoms with Crippen LogP contribution in [0, 0.1) is 0 Å². The number of hydrogen-bond donors (Lipinski definition) is 0. The van der Waals surface area contributed by atoms with Crippen molar-refractivity contribution in [2.75, 3.05) is 18.0 Å². The molecule has 1 aliphatic rings. The minimum Gasteiger partial charge on any atom is -0.356 e. The summed E-state index contributed by atoms with van der Waals surface area (Å²) in [5.74, 6) is 1.07. The summed E-state index contributed by atoms with van der Waals surface area (Å²) in [6, 6.07) is 0. The van der Waals surface area contributed by atoms with E-state index in [1.807, 2.05) is 0 Å². The van der Waals surface area contributed by atoms with Crippen LogP contribution in [0.3, 0.4) is 0 Å². The molecule has 3 aromatic heterocycles. The van der Waals surface area contributed by atoms with Crippen molar-refractivity contribution in [3.05, 3.63) is 23.1 Å². The molecule has 0 atom stereocenters. The zero-order valence-corrected chi connectivity index (χ0v) is 15.5. The van der Waals surface area contributed by atoms with Gasteiger partial charge in [-0.15, -0.1) is 11.3 Å². The minimum atomic E-state index is 0.961. The van der Waals surface area contributed by atoms with E-state index in [0.717, 1.165) is 42.1 Å². The van der Waals surface area contributed by atoms with Gasteiger partial charge in [-0.25, -0.2) is 15.0 Å². The van der Waals surface area contributed by atoms with Crippen LogP contribution in [0.5, 0.6) is 0 Å². The Morgan fingerprint density at radius 3 is 2.50 bits per heavy atom. The molecular formula is C19H24N4S. The molecule has 5 heteroatoms. The fourth-order valence-corrected chi connectivity index (χ4v) is 5.16. The summed E-state index contributed by atoms with van der Waals surface area (Å²) < 4.78 is 1.20. The average molecular weight is 340 g/mol. The third-order valence-electron chi connectivity index (χ3n) is 5.19. The van der Waals surface area contributed by atoms with Crippen molar-refractivity contribution >= 4 is 37.6 Å². The molecule has 1 aliphatic carbocycles. The number of nitrogens with zero attached hydrogens (tertiary/aromatic N) is 4. The Hall–Kier alpha value is -1.75. The first-order valence-electron chi connectivity index (χ1n) is 9.11. The SMILES string of the molecule is CCc1nc2sc3c(N(CC)CC)ncnc3c2c2c1CCCC2. The number of rotatable bonds is 4. The van der Waals surface area contributed by atoms with Crippen LogP contribution in [0.25, 0.3) is 20.4 Å². The Bertz CT molecular complexity index is 895. The third-order valence-corrected chi connectivity index (χ3v) is 6.26. The zero-order valence-electron chi connectivity index (χ0n) is 14.7. The van der Waals surface area contributed by atoms with Gasteiger partial charge >= 0.3 is 0 Å². The van der Waals surface area contributed by atoms with E-state index < -0.39 is 0 Å². The minimum absolute atomic E-state index is 0.961. The summed E-state index contributed by atoms with van der Waals surface area (Å²) in [4.78, 5) is 17.8. The van der Waals surface area contributed by atoms with Gasteiger partial charge in [0, 0.05) is 24.2 Å². The molecule has 0 bridgehead atoms.